The Balaban J connectivity index is 1.89. The van der Waals surface area contributed by atoms with Crippen molar-refractivity contribution >= 4 is 17.2 Å². The molecule has 25 heavy (non-hydrogen) atoms. The molecule has 2 heterocycles. The Hall–Kier alpha value is -2.89. The topological polar surface area (TPSA) is 68.5 Å². The van der Waals surface area contributed by atoms with Crippen LogP contribution in [0.2, 0.25) is 0 Å². The van der Waals surface area contributed by atoms with E-state index in [1.807, 2.05) is 37.4 Å². The van der Waals surface area contributed by atoms with E-state index in [4.69, 9.17) is 4.74 Å². The predicted octanol–water partition coefficient (Wildman–Crippen LogP) is 3.84. The van der Waals surface area contributed by atoms with Crippen LogP contribution >= 0.6 is 0 Å². The van der Waals surface area contributed by atoms with Crippen molar-refractivity contribution in [2.24, 2.45) is 0 Å². The quantitative estimate of drug-likeness (QED) is 0.741. The van der Waals surface area contributed by atoms with Crippen molar-refractivity contribution in [2.45, 2.75) is 33.1 Å². The van der Waals surface area contributed by atoms with Crippen LogP contribution < -0.4 is 10.1 Å². The first kappa shape index (κ1) is 17.0. The fourth-order valence-corrected chi connectivity index (χ4v) is 2.58. The van der Waals surface area contributed by atoms with Crippen molar-refractivity contribution in [3.63, 3.8) is 0 Å². The van der Waals surface area contributed by atoms with Gasteiger partial charge in [-0.25, -0.2) is 9.50 Å². The number of anilines is 1. The number of nitrogens with one attached hydrogen (secondary N) is 1. The minimum atomic E-state index is 0.0449. The molecule has 0 atom stereocenters. The van der Waals surface area contributed by atoms with Gasteiger partial charge in [-0.3, -0.25) is 4.79 Å². The number of carbonyl (C=O) groups excluding carboxylic acids is 1. The van der Waals surface area contributed by atoms with Gasteiger partial charge in [0.2, 0.25) is 11.8 Å². The number of fused-ring (bicyclic) bond motifs is 1. The van der Waals surface area contributed by atoms with Crippen LogP contribution in [0.3, 0.4) is 0 Å². The van der Waals surface area contributed by atoms with Gasteiger partial charge >= 0.3 is 0 Å². The number of aromatic nitrogens is 3. The van der Waals surface area contributed by atoms with Gasteiger partial charge in [0.05, 0.1) is 19.0 Å². The fraction of sp³-hybridized carbons (Fsp3) is 0.316. The second-order valence-electron chi connectivity index (χ2n) is 5.99. The van der Waals surface area contributed by atoms with Gasteiger partial charge in [-0.15, -0.1) is 5.10 Å². The third-order valence-electron chi connectivity index (χ3n) is 4.07. The lowest BCUT2D eigenvalue weighted by Crippen LogP contribution is -2.12. The maximum atomic E-state index is 12.0. The molecular formula is C19H22N4O2. The number of carbonyl (C=O) groups is 1. The maximum absolute atomic E-state index is 12.0. The van der Waals surface area contributed by atoms with Crippen LogP contribution in [0.1, 0.15) is 31.7 Å². The van der Waals surface area contributed by atoms with Gasteiger partial charge in [-0.1, -0.05) is 25.5 Å². The average Bonchev–Trinajstić information content (AvgIpc) is 3.04. The molecule has 0 spiro atoms. The van der Waals surface area contributed by atoms with Crippen molar-refractivity contribution in [2.75, 3.05) is 12.4 Å². The summed E-state index contributed by atoms with van der Waals surface area (Å²) in [6, 6.07) is 9.58. The average molecular weight is 338 g/mol. The molecule has 0 bridgehead atoms. The van der Waals surface area contributed by atoms with Gasteiger partial charge in [0.15, 0.2) is 5.65 Å². The van der Waals surface area contributed by atoms with Gasteiger partial charge in [0.25, 0.3) is 0 Å². The first-order valence-electron chi connectivity index (χ1n) is 8.42. The fourth-order valence-electron chi connectivity index (χ4n) is 2.58. The number of hydrogen-bond acceptors (Lipinski definition) is 4. The number of benzene rings is 1. The molecule has 0 unspecified atom stereocenters. The van der Waals surface area contributed by atoms with E-state index >= 15 is 0 Å². The lowest BCUT2D eigenvalue weighted by Gasteiger charge is -2.09. The standard InChI is InChI=1S/C19H22N4O2/c1-4-5-6-18(24)21-15-11-14(8-7-13(15)2)16-12-23-17(20-16)9-10-19(22-23)25-3/h7-12H,4-6H2,1-3H3,(H,21,24). The smallest absolute Gasteiger partial charge is 0.231 e. The zero-order chi connectivity index (χ0) is 17.8. The number of amides is 1. The lowest BCUT2D eigenvalue weighted by molar-refractivity contribution is -0.116. The second-order valence-corrected chi connectivity index (χ2v) is 5.99. The summed E-state index contributed by atoms with van der Waals surface area (Å²) in [5.41, 5.74) is 4.31. The molecule has 6 nitrogen and oxygen atoms in total. The molecule has 0 aliphatic carbocycles. The number of methoxy groups -OCH3 is 1. The maximum Gasteiger partial charge on any atom is 0.231 e. The number of nitrogens with zero attached hydrogens (tertiary/aromatic N) is 3. The number of imidazole rings is 1. The SMILES string of the molecule is CCCCC(=O)Nc1cc(-c2cn3nc(OC)ccc3n2)ccc1C. The monoisotopic (exact) mass is 338 g/mol. The van der Waals surface area contributed by atoms with Crippen LogP contribution in [0.25, 0.3) is 16.9 Å². The summed E-state index contributed by atoms with van der Waals surface area (Å²) in [6.45, 7) is 4.06. The summed E-state index contributed by atoms with van der Waals surface area (Å²) in [6.07, 6.45) is 4.29. The highest BCUT2D eigenvalue weighted by Gasteiger charge is 2.10. The third kappa shape index (κ3) is 3.79. The van der Waals surface area contributed by atoms with Crippen LogP contribution in [-0.4, -0.2) is 27.6 Å². The molecule has 1 N–H and O–H groups in total. The van der Waals surface area contributed by atoms with E-state index in [-0.39, 0.29) is 5.91 Å². The lowest BCUT2D eigenvalue weighted by atomic mass is 10.1. The molecule has 0 fully saturated rings. The zero-order valence-electron chi connectivity index (χ0n) is 14.7. The van der Waals surface area contributed by atoms with Gasteiger partial charge in [-0.05, 0) is 31.0 Å². The first-order valence-corrected chi connectivity index (χ1v) is 8.42. The molecule has 0 aliphatic heterocycles. The Morgan fingerprint density at radius 2 is 2.12 bits per heavy atom. The zero-order valence-corrected chi connectivity index (χ0v) is 14.7. The highest BCUT2D eigenvalue weighted by Crippen LogP contribution is 2.25. The van der Waals surface area contributed by atoms with E-state index < -0.39 is 0 Å². The molecule has 0 saturated carbocycles. The summed E-state index contributed by atoms with van der Waals surface area (Å²) >= 11 is 0. The highest BCUT2D eigenvalue weighted by atomic mass is 16.5. The van der Waals surface area contributed by atoms with Crippen LogP contribution in [0, 0.1) is 6.92 Å². The molecule has 0 radical (unpaired) electrons. The summed E-state index contributed by atoms with van der Waals surface area (Å²) in [7, 11) is 1.58. The van der Waals surface area contributed by atoms with E-state index in [0.29, 0.717) is 12.3 Å². The summed E-state index contributed by atoms with van der Waals surface area (Å²) in [5, 5.41) is 7.32. The Morgan fingerprint density at radius 3 is 2.88 bits per heavy atom. The molecule has 0 saturated heterocycles. The predicted molar refractivity (Wildman–Crippen MR) is 97.9 cm³/mol. The number of unbranched alkanes of at least 4 members (excludes halogenated alkanes) is 1. The minimum absolute atomic E-state index is 0.0449. The Labute approximate surface area is 146 Å². The minimum Gasteiger partial charge on any atom is -0.480 e. The largest absolute Gasteiger partial charge is 0.480 e. The number of aryl methyl sites for hydroxylation is 1. The molecule has 130 valence electrons. The van der Waals surface area contributed by atoms with E-state index in [0.717, 1.165) is 41.0 Å². The van der Waals surface area contributed by atoms with Gasteiger partial charge in [-0.2, -0.15) is 0 Å². The Bertz CT molecular complexity index is 902. The molecule has 6 heteroatoms. The summed E-state index contributed by atoms with van der Waals surface area (Å²) in [5.74, 6) is 0.577. The Kier molecular flexibility index (Phi) is 4.97. The van der Waals surface area contributed by atoms with E-state index in [9.17, 15) is 4.79 Å². The number of rotatable bonds is 6. The molecule has 3 rings (SSSR count). The van der Waals surface area contributed by atoms with Crippen molar-refractivity contribution in [3.8, 4) is 17.1 Å². The van der Waals surface area contributed by atoms with Gasteiger partial charge in [0, 0.05) is 23.7 Å². The van der Waals surface area contributed by atoms with Crippen molar-refractivity contribution in [1.29, 1.82) is 0 Å². The van der Waals surface area contributed by atoms with E-state index in [2.05, 4.69) is 22.3 Å². The van der Waals surface area contributed by atoms with Crippen LogP contribution in [0.4, 0.5) is 5.69 Å². The molecule has 1 amide bonds. The molecule has 2 aromatic heterocycles. The van der Waals surface area contributed by atoms with E-state index in [1.165, 1.54) is 0 Å². The van der Waals surface area contributed by atoms with Crippen molar-refractivity contribution < 1.29 is 9.53 Å². The normalized spacial score (nSPS) is 10.8. The highest BCUT2D eigenvalue weighted by molar-refractivity contribution is 5.92. The molecular weight excluding hydrogens is 316 g/mol. The summed E-state index contributed by atoms with van der Waals surface area (Å²) in [4.78, 5) is 16.6. The molecule has 1 aromatic carbocycles. The number of hydrogen-bond donors (Lipinski definition) is 1. The third-order valence-corrected chi connectivity index (χ3v) is 4.07. The van der Waals surface area contributed by atoms with Crippen LogP contribution in [0.5, 0.6) is 5.88 Å². The molecule has 0 aliphatic rings. The number of ether oxygens (including phenoxy) is 1. The van der Waals surface area contributed by atoms with Crippen molar-refractivity contribution in [1.82, 2.24) is 14.6 Å². The first-order chi connectivity index (χ1) is 12.1. The Morgan fingerprint density at radius 1 is 1.28 bits per heavy atom. The molecule has 3 aromatic rings. The van der Waals surface area contributed by atoms with Crippen molar-refractivity contribution in [3.05, 3.63) is 42.1 Å². The van der Waals surface area contributed by atoms with Gasteiger partial charge in [0.1, 0.15) is 0 Å². The second kappa shape index (κ2) is 7.34. The van der Waals surface area contributed by atoms with E-state index in [1.54, 1.807) is 17.7 Å². The van der Waals surface area contributed by atoms with Crippen LogP contribution in [-0.2, 0) is 4.79 Å². The van der Waals surface area contributed by atoms with Crippen LogP contribution in [0.15, 0.2) is 36.5 Å². The van der Waals surface area contributed by atoms with Gasteiger partial charge < -0.3 is 10.1 Å². The summed E-state index contributed by atoms with van der Waals surface area (Å²) < 4.78 is 6.83.